The summed E-state index contributed by atoms with van der Waals surface area (Å²) in [6.07, 6.45) is 2.06. The lowest BCUT2D eigenvalue weighted by Gasteiger charge is -2.31. The lowest BCUT2D eigenvalue weighted by Crippen LogP contribution is -2.59. The van der Waals surface area contributed by atoms with E-state index in [4.69, 9.17) is 14.2 Å². The highest BCUT2D eigenvalue weighted by atomic mass is 32.1. The molecule has 1 aromatic carbocycles. The molecule has 0 aliphatic heterocycles. The Balaban J connectivity index is 2.21. The first-order valence-electron chi connectivity index (χ1n) is 12.5. The summed E-state index contributed by atoms with van der Waals surface area (Å²) in [6.45, 7) is 4.97. The number of hydrogen-bond donors (Lipinski definition) is 3. The second-order valence-electron chi connectivity index (χ2n) is 9.15. The Morgan fingerprint density at radius 2 is 1.49 bits per heavy atom. The second kappa shape index (κ2) is 15.4. The Labute approximate surface area is 233 Å². The molecule has 0 bridgehead atoms. The van der Waals surface area contributed by atoms with Crippen molar-refractivity contribution in [2.24, 2.45) is 0 Å². The molecule has 0 saturated carbocycles. The number of rotatable bonds is 16. The number of ether oxygens (including phenoxy) is 3. The molecule has 214 valence electrons. The molecule has 1 aromatic heterocycles. The number of nitrogens with zero attached hydrogens (tertiary/aromatic N) is 1. The molecule has 0 radical (unpaired) electrons. The fourth-order valence-corrected chi connectivity index (χ4v) is 4.47. The molecule has 4 atom stereocenters. The average molecular weight is 563 g/mol. The zero-order chi connectivity index (χ0) is 29.0. The lowest BCUT2D eigenvalue weighted by atomic mass is 9.88. The maximum atomic E-state index is 13.5. The molecular weight excluding hydrogens is 524 g/mol. The normalized spacial score (nSPS) is 14.9. The highest BCUT2D eigenvalue weighted by Gasteiger charge is 2.38. The largest absolute Gasteiger partial charge is 0.382 e. The molecule has 0 aliphatic rings. The quantitative estimate of drug-likeness (QED) is 0.279. The molecule has 0 spiro atoms. The third-order valence-electron chi connectivity index (χ3n) is 6.33. The summed E-state index contributed by atoms with van der Waals surface area (Å²) < 4.78 is 15.8. The van der Waals surface area contributed by atoms with E-state index in [-0.39, 0.29) is 25.4 Å². The van der Waals surface area contributed by atoms with Gasteiger partial charge in [0.25, 0.3) is 5.91 Å². The van der Waals surface area contributed by atoms with Crippen molar-refractivity contribution < 1.29 is 33.4 Å². The fraction of sp³-hybridized carbons (Fsp3) is 0.519. The number of aryl methyl sites for hydroxylation is 1. The lowest BCUT2D eigenvalue weighted by molar-refractivity contribution is -0.144. The summed E-state index contributed by atoms with van der Waals surface area (Å²) in [5.41, 5.74) is -0.269. The number of hydrogen-bond acceptors (Lipinski definition) is 9. The van der Waals surface area contributed by atoms with Crippen molar-refractivity contribution in [3.05, 3.63) is 52.0 Å². The van der Waals surface area contributed by atoms with E-state index >= 15 is 0 Å². The summed E-state index contributed by atoms with van der Waals surface area (Å²) in [5, 5.41) is 8.71. The predicted octanol–water partition coefficient (Wildman–Crippen LogP) is 1.44. The smallest absolute Gasteiger partial charge is 0.263 e. The number of nitrogens with one attached hydrogen (secondary N) is 3. The molecule has 1 heterocycles. The molecule has 39 heavy (non-hydrogen) atoms. The SMILES string of the molecule is CC[C@@](C)(OC)C(=O)[C@H](Cc1ccccc1)NC(=O)[C@H](COC)NC(=O)[C@H](COC)NC(=O)c1cnc(C)s1. The molecule has 2 rings (SSSR count). The maximum Gasteiger partial charge on any atom is 0.263 e. The van der Waals surface area contributed by atoms with Crippen molar-refractivity contribution in [2.75, 3.05) is 34.5 Å². The minimum absolute atomic E-state index is 0.130. The number of aromatic nitrogens is 1. The monoisotopic (exact) mass is 562 g/mol. The molecule has 0 fully saturated rings. The minimum atomic E-state index is -1.15. The van der Waals surface area contributed by atoms with Crippen molar-refractivity contribution in [2.45, 2.75) is 57.3 Å². The van der Waals surface area contributed by atoms with Gasteiger partial charge in [0.2, 0.25) is 11.8 Å². The molecule has 0 saturated heterocycles. The number of carbonyl (C=O) groups is 4. The number of methoxy groups -OCH3 is 3. The highest BCUT2D eigenvalue weighted by molar-refractivity contribution is 7.13. The highest BCUT2D eigenvalue weighted by Crippen LogP contribution is 2.19. The van der Waals surface area contributed by atoms with E-state index in [9.17, 15) is 19.2 Å². The van der Waals surface area contributed by atoms with Crippen LogP contribution in [0.3, 0.4) is 0 Å². The Kier molecular flexibility index (Phi) is 12.7. The zero-order valence-electron chi connectivity index (χ0n) is 23.2. The predicted molar refractivity (Wildman–Crippen MR) is 147 cm³/mol. The van der Waals surface area contributed by atoms with Gasteiger partial charge in [0.15, 0.2) is 5.78 Å². The van der Waals surface area contributed by atoms with Gasteiger partial charge < -0.3 is 30.2 Å². The first-order valence-corrected chi connectivity index (χ1v) is 13.3. The van der Waals surface area contributed by atoms with Gasteiger partial charge in [-0.05, 0) is 32.3 Å². The Hall–Kier alpha value is -3.19. The number of Topliss-reactive ketones (excluding diaryl/α,β-unsaturated/α-hetero) is 1. The average Bonchev–Trinajstić information content (AvgIpc) is 3.38. The van der Waals surface area contributed by atoms with Gasteiger partial charge in [-0.2, -0.15) is 0 Å². The van der Waals surface area contributed by atoms with Gasteiger partial charge in [-0.3, -0.25) is 19.2 Å². The molecule has 3 N–H and O–H groups in total. The van der Waals surface area contributed by atoms with Crippen molar-refractivity contribution in [1.29, 1.82) is 0 Å². The van der Waals surface area contributed by atoms with Crippen molar-refractivity contribution in [3.63, 3.8) is 0 Å². The topological polar surface area (TPSA) is 145 Å². The number of carbonyl (C=O) groups excluding carboxylic acids is 4. The van der Waals surface area contributed by atoms with Gasteiger partial charge >= 0.3 is 0 Å². The van der Waals surface area contributed by atoms with Crippen LogP contribution >= 0.6 is 11.3 Å². The first-order chi connectivity index (χ1) is 18.6. The van der Waals surface area contributed by atoms with Crippen LogP contribution in [0.1, 0.15) is 40.5 Å². The third kappa shape index (κ3) is 9.20. The van der Waals surface area contributed by atoms with Crippen LogP contribution in [0.2, 0.25) is 0 Å². The number of benzene rings is 1. The second-order valence-corrected chi connectivity index (χ2v) is 10.4. The van der Waals surface area contributed by atoms with Crippen LogP contribution in [0.4, 0.5) is 0 Å². The summed E-state index contributed by atoms with van der Waals surface area (Å²) >= 11 is 1.19. The summed E-state index contributed by atoms with van der Waals surface area (Å²) in [4.78, 5) is 57.0. The van der Waals surface area contributed by atoms with Crippen LogP contribution in [0.5, 0.6) is 0 Å². The Morgan fingerprint density at radius 3 is 1.97 bits per heavy atom. The molecule has 3 amide bonds. The van der Waals surface area contributed by atoms with Crippen molar-refractivity contribution in [3.8, 4) is 0 Å². The number of ketones is 1. The van der Waals surface area contributed by atoms with Crippen LogP contribution in [0, 0.1) is 6.92 Å². The number of thiazole rings is 1. The van der Waals surface area contributed by atoms with Crippen molar-refractivity contribution in [1.82, 2.24) is 20.9 Å². The van der Waals surface area contributed by atoms with E-state index < -0.39 is 41.4 Å². The fourth-order valence-electron chi connectivity index (χ4n) is 3.79. The van der Waals surface area contributed by atoms with Gasteiger partial charge in [-0.25, -0.2) is 4.98 Å². The Bertz CT molecular complexity index is 1100. The van der Waals surface area contributed by atoms with Gasteiger partial charge in [-0.15, -0.1) is 11.3 Å². The molecule has 2 aromatic rings. The maximum absolute atomic E-state index is 13.5. The van der Waals surface area contributed by atoms with Crippen LogP contribution < -0.4 is 16.0 Å². The summed E-state index contributed by atoms with van der Waals surface area (Å²) in [7, 11) is 4.23. The van der Waals surface area contributed by atoms with Gasteiger partial charge in [0.05, 0.1) is 30.5 Å². The standard InChI is InChI=1S/C27H38N4O7S/c1-7-27(3,38-6)23(32)19(13-18-11-9-8-10-12-18)29-24(33)20(15-36-4)30-25(34)21(16-37-5)31-26(35)22-14-28-17(2)39-22/h8-12,14,19-21H,7,13,15-16H2,1-6H3,(H,29,33)(H,30,34)(H,31,35)/t19-,20-,21-,27+/m0/s1. The van der Waals surface area contributed by atoms with Gasteiger partial charge in [0.1, 0.15) is 22.6 Å². The van der Waals surface area contributed by atoms with E-state index in [1.165, 1.54) is 38.9 Å². The van der Waals surface area contributed by atoms with E-state index in [0.29, 0.717) is 16.3 Å². The van der Waals surface area contributed by atoms with Crippen LogP contribution in [0.15, 0.2) is 36.5 Å². The Morgan fingerprint density at radius 1 is 0.923 bits per heavy atom. The van der Waals surface area contributed by atoms with Crippen LogP contribution in [-0.2, 0) is 35.0 Å². The van der Waals surface area contributed by atoms with E-state index in [2.05, 4.69) is 20.9 Å². The molecular formula is C27H38N4O7S. The summed E-state index contributed by atoms with van der Waals surface area (Å²) in [6, 6.07) is 6.12. The zero-order valence-corrected chi connectivity index (χ0v) is 24.1. The van der Waals surface area contributed by atoms with E-state index in [1.54, 1.807) is 13.8 Å². The minimum Gasteiger partial charge on any atom is -0.382 e. The molecule has 0 aliphatic carbocycles. The van der Waals surface area contributed by atoms with E-state index in [1.807, 2.05) is 37.3 Å². The molecule has 12 heteroatoms. The molecule has 0 unspecified atom stereocenters. The van der Waals surface area contributed by atoms with Crippen molar-refractivity contribution >= 4 is 34.8 Å². The van der Waals surface area contributed by atoms with Crippen LogP contribution in [0.25, 0.3) is 0 Å². The number of amides is 3. The van der Waals surface area contributed by atoms with Gasteiger partial charge in [0, 0.05) is 21.3 Å². The van der Waals surface area contributed by atoms with Gasteiger partial charge in [-0.1, -0.05) is 37.3 Å². The molecule has 11 nitrogen and oxygen atoms in total. The first kappa shape index (κ1) is 32.0. The van der Waals surface area contributed by atoms with Crippen LogP contribution in [-0.4, -0.2) is 86.8 Å². The van der Waals surface area contributed by atoms with E-state index in [0.717, 1.165) is 5.56 Å². The summed E-state index contributed by atoms with van der Waals surface area (Å²) in [5.74, 6) is -2.05. The third-order valence-corrected chi connectivity index (χ3v) is 7.24.